The first-order valence-corrected chi connectivity index (χ1v) is 11.8. The van der Waals surface area contributed by atoms with Crippen LogP contribution in [-0.2, 0) is 16.4 Å². The molecule has 0 saturated carbocycles. The Morgan fingerprint density at radius 3 is 2.37 bits per heavy atom. The van der Waals surface area contributed by atoms with E-state index in [1.807, 2.05) is 49.4 Å². The Kier molecular flexibility index (Phi) is 11.2. The standard InChI is InChI=1S/C22H31N3O3S.HI/c1-5-19(28-20-10-8-7-9-11-20)16-25-22(23-6-2)24-15-18-12-13-21(17(3)14-18)29(4,26)27;/h7-14,19H,5-6,15-16H2,1-4H3,(H2,23,24,25);1H. The van der Waals surface area contributed by atoms with E-state index in [9.17, 15) is 8.42 Å². The van der Waals surface area contributed by atoms with Gasteiger partial charge in [-0.1, -0.05) is 37.3 Å². The van der Waals surface area contributed by atoms with Crippen LogP contribution in [0.3, 0.4) is 0 Å². The molecule has 30 heavy (non-hydrogen) atoms. The van der Waals surface area contributed by atoms with Gasteiger partial charge in [0.2, 0.25) is 0 Å². The Labute approximate surface area is 197 Å². The highest BCUT2D eigenvalue weighted by atomic mass is 127. The Morgan fingerprint density at radius 1 is 1.10 bits per heavy atom. The summed E-state index contributed by atoms with van der Waals surface area (Å²) in [5.74, 6) is 1.55. The number of nitrogens with one attached hydrogen (secondary N) is 2. The molecule has 0 amide bonds. The molecule has 0 aliphatic carbocycles. The first-order chi connectivity index (χ1) is 13.8. The molecule has 0 bridgehead atoms. The highest BCUT2D eigenvalue weighted by molar-refractivity contribution is 14.0. The molecule has 0 radical (unpaired) electrons. The lowest BCUT2D eigenvalue weighted by Crippen LogP contribution is -2.42. The van der Waals surface area contributed by atoms with E-state index in [-0.39, 0.29) is 30.1 Å². The van der Waals surface area contributed by atoms with Gasteiger partial charge in [-0.3, -0.25) is 0 Å². The summed E-state index contributed by atoms with van der Waals surface area (Å²) >= 11 is 0. The highest BCUT2D eigenvalue weighted by Gasteiger charge is 2.11. The zero-order valence-electron chi connectivity index (χ0n) is 18.0. The summed E-state index contributed by atoms with van der Waals surface area (Å²) in [4.78, 5) is 4.98. The van der Waals surface area contributed by atoms with E-state index in [2.05, 4.69) is 22.5 Å². The van der Waals surface area contributed by atoms with Gasteiger partial charge in [0.05, 0.1) is 18.0 Å². The van der Waals surface area contributed by atoms with Gasteiger partial charge in [0, 0.05) is 12.8 Å². The van der Waals surface area contributed by atoms with Gasteiger partial charge in [-0.2, -0.15) is 0 Å². The maximum atomic E-state index is 11.8. The molecule has 0 saturated heterocycles. The van der Waals surface area contributed by atoms with Crippen molar-refractivity contribution < 1.29 is 13.2 Å². The zero-order chi connectivity index (χ0) is 21.3. The maximum absolute atomic E-state index is 11.8. The van der Waals surface area contributed by atoms with E-state index in [4.69, 9.17) is 4.74 Å². The number of rotatable bonds is 9. The van der Waals surface area contributed by atoms with Crippen LogP contribution < -0.4 is 15.4 Å². The predicted octanol–water partition coefficient (Wildman–Crippen LogP) is 3.93. The van der Waals surface area contributed by atoms with Crippen molar-refractivity contribution >= 4 is 39.8 Å². The van der Waals surface area contributed by atoms with E-state index >= 15 is 0 Å². The number of hydrogen-bond donors (Lipinski definition) is 2. The van der Waals surface area contributed by atoms with Gasteiger partial charge in [-0.05, 0) is 49.6 Å². The molecule has 1 atom stereocenters. The molecule has 2 aromatic carbocycles. The molecule has 8 heteroatoms. The van der Waals surface area contributed by atoms with E-state index < -0.39 is 9.84 Å². The Bertz CT molecular complexity index is 918. The van der Waals surface area contributed by atoms with Crippen molar-refractivity contribution in [2.75, 3.05) is 19.3 Å². The van der Waals surface area contributed by atoms with Gasteiger partial charge in [-0.25, -0.2) is 13.4 Å². The third-order valence-electron chi connectivity index (χ3n) is 4.40. The number of guanidine groups is 1. The third kappa shape index (κ3) is 8.51. The van der Waals surface area contributed by atoms with Crippen LogP contribution >= 0.6 is 24.0 Å². The van der Waals surface area contributed by atoms with Gasteiger partial charge in [-0.15, -0.1) is 24.0 Å². The number of ether oxygens (including phenoxy) is 1. The van der Waals surface area contributed by atoms with Crippen molar-refractivity contribution in [1.82, 2.24) is 10.6 Å². The van der Waals surface area contributed by atoms with Crippen LogP contribution in [0.4, 0.5) is 0 Å². The smallest absolute Gasteiger partial charge is 0.191 e. The Morgan fingerprint density at radius 2 is 1.80 bits per heavy atom. The minimum atomic E-state index is -3.21. The molecule has 0 fully saturated rings. The number of benzene rings is 2. The largest absolute Gasteiger partial charge is 0.489 e. The second-order valence-corrected chi connectivity index (χ2v) is 8.89. The Hall–Kier alpha value is -1.81. The summed E-state index contributed by atoms with van der Waals surface area (Å²) in [7, 11) is -3.21. The quantitative estimate of drug-likeness (QED) is 0.284. The summed E-state index contributed by atoms with van der Waals surface area (Å²) < 4.78 is 29.5. The fourth-order valence-corrected chi connectivity index (χ4v) is 3.87. The van der Waals surface area contributed by atoms with E-state index in [1.165, 1.54) is 6.26 Å². The molecule has 2 aromatic rings. The van der Waals surface area contributed by atoms with Crippen LogP contribution in [0.2, 0.25) is 0 Å². The molecule has 166 valence electrons. The van der Waals surface area contributed by atoms with Gasteiger partial charge < -0.3 is 15.4 Å². The predicted molar refractivity (Wildman–Crippen MR) is 134 cm³/mol. The number of aryl methyl sites for hydroxylation is 1. The first-order valence-electron chi connectivity index (χ1n) is 9.87. The average molecular weight is 545 g/mol. The highest BCUT2D eigenvalue weighted by Crippen LogP contribution is 2.17. The molecule has 0 aliphatic heterocycles. The minimum Gasteiger partial charge on any atom is -0.489 e. The van der Waals surface area contributed by atoms with Crippen LogP contribution in [0.25, 0.3) is 0 Å². The van der Waals surface area contributed by atoms with Crippen LogP contribution in [0.5, 0.6) is 5.75 Å². The number of aliphatic imine (C=N–C) groups is 1. The van der Waals surface area contributed by atoms with Gasteiger partial charge in [0.15, 0.2) is 15.8 Å². The van der Waals surface area contributed by atoms with Gasteiger partial charge in [0.25, 0.3) is 0 Å². The van der Waals surface area contributed by atoms with Crippen LogP contribution in [0, 0.1) is 6.92 Å². The molecule has 0 heterocycles. The topological polar surface area (TPSA) is 79.8 Å². The molecule has 1 unspecified atom stereocenters. The lowest BCUT2D eigenvalue weighted by molar-refractivity contribution is 0.199. The molecule has 6 nitrogen and oxygen atoms in total. The number of sulfone groups is 1. The SMILES string of the molecule is CCNC(=NCc1ccc(S(C)(=O)=O)c(C)c1)NCC(CC)Oc1ccccc1.I. The molecule has 2 rings (SSSR count). The van der Waals surface area contributed by atoms with E-state index in [1.54, 1.807) is 13.0 Å². The van der Waals surface area contributed by atoms with Crippen molar-refractivity contribution in [1.29, 1.82) is 0 Å². The fourth-order valence-electron chi connectivity index (χ4n) is 2.91. The minimum absolute atomic E-state index is 0. The van der Waals surface area contributed by atoms with Crippen molar-refractivity contribution in [3.05, 3.63) is 59.7 Å². The molecule has 0 aromatic heterocycles. The van der Waals surface area contributed by atoms with Crippen LogP contribution in [0.15, 0.2) is 58.4 Å². The summed E-state index contributed by atoms with van der Waals surface area (Å²) in [6.07, 6.45) is 2.12. The van der Waals surface area contributed by atoms with Crippen LogP contribution in [-0.4, -0.2) is 39.8 Å². The average Bonchev–Trinajstić information content (AvgIpc) is 2.68. The number of halogens is 1. The van der Waals surface area contributed by atoms with Crippen molar-refractivity contribution in [2.24, 2.45) is 4.99 Å². The van der Waals surface area contributed by atoms with Crippen molar-refractivity contribution in [3.63, 3.8) is 0 Å². The Balaban J connectivity index is 0.00000450. The number of nitrogens with zero attached hydrogens (tertiary/aromatic N) is 1. The monoisotopic (exact) mass is 545 g/mol. The summed E-state index contributed by atoms with van der Waals surface area (Å²) in [6.45, 7) is 7.74. The first kappa shape index (κ1) is 26.2. The number of para-hydroxylation sites is 1. The van der Waals surface area contributed by atoms with Gasteiger partial charge in [0.1, 0.15) is 11.9 Å². The zero-order valence-corrected chi connectivity index (χ0v) is 21.2. The summed E-state index contributed by atoms with van der Waals surface area (Å²) in [5, 5.41) is 6.56. The maximum Gasteiger partial charge on any atom is 0.191 e. The number of hydrogen-bond acceptors (Lipinski definition) is 4. The second-order valence-electron chi connectivity index (χ2n) is 6.91. The fraction of sp³-hybridized carbons (Fsp3) is 0.409. The molecule has 0 aliphatic rings. The molecular formula is C22H32IN3O3S. The van der Waals surface area contributed by atoms with Crippen LogP contribution in [0.1, 0.15) is 31.4 Å². The molecular weight excluding hydrogens is 513 g/mol. The normalized spacial score (nSPS) is 12.6. The lowest BCUT2D eigenvalue weighted by atomic mass is 10.1. The van der Waals surface area contributed by atoms with E-state index in [0.29, 0.717) is 23.9 Å². The van der Waals surface area contributed by atoms with E-state index in [0.717, 1.165) is 29.8 Å². The third-order valence-corrected chi connectivity index (χ3v) is 5.66. The molecule has 2 N–H and O–H groups in total. The summed E-state index contributed by atoms with van der Waals surface area (Å²) in [6, 6.07) is 15.1. The van der Waals surface area contributed by atoms with Gasteiger partial charge >= 0.3 is 0 Å². The summed E-state index contributed by atoms with van der Waals surface area (Å²) in [5.41, 5.74) is 1.69. The molecule has 0 spiro atoms. The van der Waals surface area contributed by atoms with Crippen molar-refractivity contribution in [2.45, 2.75) is 44.7 Å². The second kappa shape index (κ2) is 12.8. The van der Waals surface area contributed by atoms with Crippen molar-refractivity contribution in [3.8, 4) is 5.75 Å². The lowest BCUT2D eigenvalue weighted by Gasteiger charge is -2.20.